The van der Waals surface area contributed by atoms with Crippen LogP contribution < -0.4 is 63.8 Å². The summed E-state index contributed by atoms with van der Waals surface area (Å²) in [5.41, 5.74) is -3.24. The number of Topliss-reactive ketones (excluding diaryl/α,β-unsaturated/α-hetero) is 3. The molecule has 0 bridgehead atoms. The maximum absolute atomic E-state index is 15.3. The van der Waals surface area contributed by atoms with Crippen LogP contribution in [0.2, 0.25) is 0 Å². The minimum atomic E-state index is -1.76. The van der Waals surface area contributed by atoms with Crippen molar-refractivity contribution in [3.05, 3.63) is 35.9 Å². The highest BCUT2D eigenvalue weighted by atomic mass is 16.6. The molecule has 11 amide bonds. The summed E-state index contributed by atoms with van der Waals surface area (Å²) in [6.45, 7) is 29.3. The van der Waals surface area contributed by atoms with E-state index in [0.29, 0.717) is 18.4 Å². The van der Waals surface area contributed by atoms with Crippen molar-refractivity contribution in [3.8, 4) is 0 Å². The fourth-order valence-electron chi connectivity index (χ4n) is 12.0. The molecule has 1 aliphatic rings. The van der Waals surface area contributed by atoms with Gasteiger partial charge in [-0.1, -0.05) is 70.9 Å². The molecular weight excluding hydrogens is 1480 g/mol. The summed E-state index contributed by atoms with van der Waals surface area (Å²) < 4.78 is 27.1. The molecule has 114 heavy (non-hydrogen) atoms. The third kappa shape index (κ3) is 43.4. The summed E-state index contributed by atoms with van der Waals surface area (Å²) >= 11 is 0. The van der Waals surface area contributed by atoms with E-state index in [2.05, 4.69) is 63.8 Å². The molecule has 34 heteroatoms. The smallest absolute Gasteiger partial charge is 0.407 e. The van der Waals surface area contributed by atoms with Crippen LogP contribution in [0.3, 0.4) is 0 Å². The van der Waals surface area contributed by atoms with Crippen LogP contribution in [0, 0.1) is 23.7 Å². The van der Waals surface area contributed by atoms with E-state index < -0.39 is 203 Å². The first-order valence-electron chi connectivity index (χ1n) is 39.9. The Labute approximate surface area is 672 Å². The monoisotopic (exact) mass is 1610 g/mol. The van der Waals surface area contributed by atoms with E-state index in [1.807, 2.05) is 6.92 Å². The van der Waals surface area contributed by atoms with Gasteiger partial charge in [0.1, 0.15) is 40.5 Å². The van der Waals surface area contributed by atoms with Crippen molar-refractivity contribution in [3.63, 3.8) is 0 Å². The number of esters is 1. The lowest BCUT2D eigenvalue weighted by Crippen LogP contribution is -2.58. The average Bonchev–Trinajstić information content (AvgIpc) is 0.960. The van der Waals surface area contributed by atoms with Gasteiger partial charge in [-0.15, -0.1) is 0 Å². The van der Waals surface area contributed by atoms with Crippen LogP contribution in [0.1, 0.15) is 233 Å². The van der Waals surface area contributed by atoms with Gasteiger partial charge in [0.2, 0.25) is 41.4 Å². The molecule has 1 saturated heterocycles. The zero-order chi connectivity index (χ0) is 86.4. The summed E-state index contributed by atoms with van der Waals surface area (Å²) in [6.07, 6.45) is -9.08. The molecule has 0 spiro atoms. The number of hydrogen-bond donors (Lipinski definition) is 14. The van der Waals surface area contributed by atoms with Crippen LogP contribution in [-0.2, 0) is 82.8 Å². The Balaban J connectivity index is 3.03. The molecule has 0 saturated carbocycles. The highest BCUT2D eigenvalue weighted by molar-refractivity contribution is 5.98. The summed E-state index contributed by atoms with van der Waals surface area (Å²) in [5, 5.41) is 55.0. The number of nitrogens with one attached hydrogen (secondary N) is 12. The number of amides is 11. The Bertz CT molecular complexity index is 3310. The molecule has 3 unspecified atom stereocenters. The Hall–Kier alpha value is -9.05. The molecule has 646 valence electrons. The molecule has 1 aliphatic heterocycles. The van der Waals surface area contributed by atoms with E-state index in [0.717, 1.165) is 6.42 Å². The highest BCUT2D eigenvalue weighted by Crippen LogP contribution is 2.21. The topological polar surface area (TPSA) is 487 Å². The van der Waals surface area contributed by atoms with Crippen LogP contribution in [0.5, 0.6) is 0 Å². The fraction of sp³-hybridized carbons (Fsp3) is 0.738. The number of ketones is 3. The number of hydrogen-bond acceptors (Lipinski definition) is 23. The number of rotatable bonds is 35. The predicted octanol–water partition coefficient (Wildman–Crippen LogP) is 5.12. The zero-order valence-corrected chi connectivity index (χ0v) is 70.6. The van der Waals surface area contributed by atoms with Gasteiger partial charge >= 0.3 is 30.3 Å². The molecule has 34 nitrogen and oxygen atoms in total. The van der Waals surface area contributed by atoms with Crippen LogP contribution in [0.4, 0.5) is 19.2 Å². The molecule has 1 aromatic carbocycles. The third-order valence-electron chi connectivity index (χ3n) is 17.5. The second-order valence-electron chi connectivity index (χ2n) is 33.6. The fourth-order valence-corrected chi connectivity index (χ4v) is 12.0. The number of benzene rings is 1. The molecule has 1 fully saturated rings. The van der Waals surface area contributed by atoms with E-state index in [1.54, 1.807) is 141 Å². The number of aliphatic hydroxyl groups excluding tert-OH is 2. The first-order valence-corrected chi connectivity index (χ1v) is 39.9. The van der Waals surface area contributed by atoms with Gasteiger partial charge in [0.15, 0.2) is 17.3 Å². The van der Waals surface area contributed by atoms with Crippen molar-refractivity contribution in [1.82, 2.24) is 63.8 Å². The third-order valence-corrected chi connectivity index (χ3v) is 17.5. The van der Waals surface area contributed by atoms with Crippen molar-refractivity contribution in [1.29, 1.82) is 0 Å². The zero-order valence-electron chi connectivity index (χ0n) is 70.6. The molecule has 2 rings (SSSR count). The Morgan fingerprint density at radius 3 is 1.53 bits per heavy atom. The lowest BCUT2D eigenvalue weighted by molar-refractivity contribution is -0.149. The quantitative estimate of drug-likeness (QED) is 0.0310. The SMILES string of the molecule is CCCC(C)OC(=O)CCC(=O)N[C@@H](CCC)C(=O)C[C@H](C(=O)N[C@@H](CCNC(=O)OC(C)(C)C)C(=O)C[C@H]1CCNC(=O)[C@H](C(C)O)NC(=O)[C@H](CCNC(=O)OC(C)(C)C)CC(=O)[C@H](CCNC(=O)OC(C)(C)C)NC(=O)[C@H](CC(C)C)NC(=O)[C@@H](Cc2ccccc2)NC(=O)[C@H](CCNC(=O)OC(C)(C)C)NC1)C(C)O. The number of ether oxygens (including phenoxy) is 5. The lowest BCUT2D eigenvalue weighted by atomic mass is 9.90. The van der Waals surface area contributed by atoms with Crippen molar-refractivity contribution in [2.45, 2.75) is 317 Å². The largest absolute Gasteiger partial charge is 0.463 e. The van der Waals surface area contributed by atoms with Crippen LogP contribution in [0.15, 0.2) is 30.3 Å². The molecule has 13 atom stereocenters. The first kappa shape index (κ1) is 101. The summed E-state index contributed by atoms with van der Waals surface area (Å²) in [4.78, 5) is 212. The molecule has 0 radical (unpaired) electrons. The van der Waals surface area contributed by atoms with Crippen molar-refractivity contribution in [2.75, 3.05) is 39.3 Å². The van der Waals surface area contributed by atoms with E-state index in [1.165, 1.54) is 13.8 Å². The molecular formula is C80H134N12O22. The minimum Gasteiger partial charge on any atom is -0.463 e. The predicted molar refractivity (Wildman–Crippen MR) is 423 cm³/mol. The van der Waals surface area contributed by atoms with E-state index in [-0.39, 0.29) is 115 Å². The summed E-state index contributed by atoms with van der Waals surface area (Å²) in [7, 11) is 0. The Kier molecular flexibility index (Phi) is 44.0. The normalized spacial score (nSPS) is 20.5. The van der Waals surface area contributed by atoms with Gasteiger partial charge in [-0.2, -0.15) is 0 Å². The van der Waals surface area contributed by atoms with Gasteiger partial charge in [-0.25, -0.2) is 19.2 Å². The maximum Gasteiger partial charge on any atom is 0.407 e. The second-order valence-corrected chi connectivity index (χ2v) is 33.6. The van der Waals surface area contributed by atoms with Gasteiger partial charge in [0, 0.05) is 70.7 Å². The van der Waals surface area contributed by atoms with E-state index >= 15 is 14.4 Å². The van der Waals surface area contributed by atoms with E-state index in [9.17, 15) is 67.7 Å². The lowest BCUT2D eigenvalue weighted by Gasteiger charge is -2.29. The second kappa shape index (κ2) is 49.7. The van der Waals surface area contributed by atoms with Crippen molar-refractivity contribution in [2.24, 2.45) is 23.7 Å². The number of carbonyl (C=O) groups is 15. The van der Waals surface area contributed by atoms with Gasteiger partial charge in [0.05, 0.1) is 54.8 Å². The van der Waals surface area contributed by atoms with Crippen molar-refractivity contribution < 1.29 is 106 Å². The summed E-state index contributed by atoms with van der Waals surface area (Å²) in [5.74, 6) is -13.2. The van der Waals surface area contributed by atoms with Gasteiger partial charge < -0.3 is 97.7 Å². The Morgan fingerprint density at radius 1 is 0.535 bits per heavy atom. The maximum atomic E-state index is 15.3. The molecule has 0 aromatic heterocycles. The summed E-state index contributed by atoms with van der Waals surface area (Å²) in [6, 6.07) is -1.67. The standard InChI is InChI=1S/C80H134N12O22/c1-20-25-48(5)110-65(99)30-29-64(98)87-55(26-21-2)63(97)45-54(49(6)93)68(101)88-56(33-38-83-74(107)112-78(11,12)13)61(95)43-52-31-36-81-72(105)66(50(7)94)92-67(100)53(32-37-82-73(106)111-77(8,9)10)44-62(96)57(34-39-84-75(108)113-79(14,15)16)89-70(103)59(41-47(3)4)90-71(104)60(42-51-27-23-22-24-28-51)91-69(102)58(86-46-52)35-40-85-76(109)114-80(17,18)19/h22-24,27-28,47-50,52-60,66,86,93-94H,20-21,25-26,29-46H2,1-19H3,(H,81,105)(H,82,106)(H,83,107)(H,84,108)(H,85,109)(H,87,98)(H,88,101)(H,89,103)(H,90,104)(H,91,102)(H,92,100)/t48?,49?,50?,52-,53-,54+,55+,56+,57+,58+,59+,60-,66+/m1/s1. The van der Waals surface area contributed by atoms with Gasteiger partial charge in [-0.05, 0) is 179 Å². The van der Waals surface area contributed by atoms with E-state index in [4.69, 9.17) is 23.7 Å². The van der Waals surface area contributed by atoms with Crippen LogP contribution in [0.25, 0.3) is 0 Å². The van der Waals surface area contributed by atoms with Crippen LogP contribution in [-0.4, -0.2) is 222 Å². The number of alkyl carbamates (subject to hydrolysis) is 4. The van der Waals surface area contributed by atoms with Gasteiger partial charge in [0.25, 0.3) is 0 Å². The van der Waals surface area contributed by atoms with Crippen molar-refractivity contribution >= 4 is 89.0 Å². The highest BCUT2D eigenvalue weighted by Gasteiger charge is 2.39. The number of carbonyl (C=O) groups excluding carboxylic acids is 15. The van der Waals surface area contributed by atoms with Crippen LogP contribution >= 0.6 is 0 Å². The Morgan fingerprint density at radius 2 is 1.02 bits per heavy atom. The molecule has 1 heterocycles. The average molecular weight is 1620 g/mol. The minimum absolute atomic E-state index is 0.0427. The van der Waals surface area contributed by atoms with Gasteiger partial charge in [-0.3, -0.25) is 52.7 Å². The first-order chi connectivity index (χ1) is 53.0. The molecule has 0 aliphatic carbocycles. The molecule has 1 aromatic rings. The molecule has 14 N–H and O–H groups in total. The number of aliphatic hydroxyl groups is 2.